The maximum absolute atomic E-state index is 10.7. The van der Waals surface area contributed by atoms with E-state index in [0.29, 0.717) is 13.0 Å². The molecule has 1 atom stereocenters. The average Bonchev–Trinajstić information content (AvgIpc) is 2.18. The van der Waals surface area contributed by atoms with Crippen LogP contribution >= 0.6 is 0 Å². The van der Waals surface area contributed by atoms with E-state index in [9.17, 15) is 4.79 Å². The zero-order chi connectivity index (χ0) is 11.4. The van der Waals surface area contributed by atoms with Gasteiger partial charge in [-0.25, -0.2) is 0 Å². The zero-order valence-corrected chi connectivity index (χ0v) is 8.95. The molecule has 82 valence electrons. The minimum absolute atomic E-state index is 0.345. The summed E-state index contributed by atoms with van der Waals surface area (Å²) in [6, 6.07) is -0.480. The average molecular weight is 200 g/mol. The second-order valence-corrected chi connectivity index (χ2v) is 2.70. The Labute approximate surface area is 86.0 Å². The predicted molar refractivity (Wildman–Crippen MR) is 57.4 cm³/mol. The van der Waals surface area contributed by atoms with Crippen molar-refractivity contribution in [1.82, 2.24) is 0 Å². The van der Waals surface area contributed by atoms with Gasteiger partial charge in [0.25, 0.3) is 0 Å². The second-order valence-electron chi connectivity index (χ2n) is 2.70. The molecule has 4 nitrogen and oxygen atoms in total. The van der Waals surface area contributed by atoms with E-state index in [1.165, 1.54) is 7.11 Å². The third-order valence-electron chi connectivity index (χ3n) is 1.47. The number of carbonyl (C=O) groups excluding carboxylic acids is 1. The molecule has 0 amide bonds. The minimum Gasteiger partial charge on any atom is -0.468 e. The van der Waals surface area contributed by atoms with Crippen LogP contribution in [-0.2, 0) is 9.53 Å². The number of ether oxygens (including phenoxy) is 1. The Bertz CT molecular complexity index is 175. The van der Waals surface area contributed by atoms with Crippen LogP contribution in [0.5, 0.6) is 0 Å². The Hall–Kier alpha value is -1.05. The van der Waals surface area contributed by atoms with Gasteiger partial charge in [0.2, 0.25) is 0 Å². The Kier molecular flexibility index (Phi) is 13.2. The van der Waals surface area contributed by atoms with Gasteiger partial charge in [-0.05, 0) is 26.3 Å². The van der Waals surface area contributed by atoms with Crippen LogP contribution in [0.3, 0.4) is 0 Å². The molecule has 0 aliphatic carbocycles. The number of hydrogen-bond donors (Lipinski definition) is 2. The van der Waals surface area contributed by atoms with Gasteiger partial charge in [-0.2, -0.15) is 0 Å². The fourth-order valence-electron chi connectivity index (χ4n) is 0.778. The van der Waals surface area contributed by atoms with Crippen LogP contribution in [0.1, 0.15) is 26.2 Å². The van der Waals surface area contributed by atoms with Crippen molar-refractivity contribution in [1.29, 1.82) is 0 Å². The third kappa shape index (κ3) is 11.0. The molecule has 0 aromatic rings. The molecule has 0 rings (SSSR count). The summed E-state index contributed by atoms with van der Waals surface area (Å²) >= 11 is 0. The number of unbranched alkanes of at least 4 members (excludes halogenated alkanes) is 1. The molecular weight excluding hydrogens is 180 g/mol. The summed E-state index contributed by atoms with van der Waals surface area (Å²) in [5.74, 6) is 1.90. The van der Waals surface area contributed by atoms with Gasteiger partial charge in [0.15, 0.2) is 0 Å². The molecule has 0 aromatic heterocycles. The molecule has 1 unspecified atom stereocenters. The fraction of sp³-hybridized carbons (Fsp3) is 0.700. The molecule has 4 heteroatoms. The van der Waals surface area contributed by atoms with Crippen molar-refractivity contribution in [3.8, 4) is 12.3 Å². The van der Waals surface area contributed by atoms with Gasteiger partial charge in [-0.1, -0.05) is 6.42 Å². The molecule has 0 saturated heterocycles. The highest BCUT2D eigenvalue weighted by atomic mass is 16.5. The van der Waals surface area contributed by atoms with Crippen molar-refractivity contribution in [2.45, 2.75) is 32.2 Å². The lowest BCUT2D eigenvalue weighted by Gasteiger charge is -2.07. The lowest BCUT2D eigenvalue weighted by molar-refractivity contribution is -0.142. The van der Waals surface area contributed by atoms with Gasteiger partial charge in [-0.3, -0.25) is 4.79 Å². The first-order valence-corrected chi connectivity index (χ1v) is 4.54. The van der Waals surface area contributed by atoms with E-state index >= 15 is 0 Å². The topological polar surface area (TPSA) is 78.3 Å². The van der Waals surface area contributed by atoms with Crippen LogP contribution in [0.2, 0.25) is 0 Å². The van der Waals surface area contributed by atoms with E-state index in [4.69, 9.17) is 11.5 Å². The van der Waals surface area contributed by atoms with E-state index in [-0.39, 0.29) is 5.97 Å². The number of nitrogens with two attached hydrogens (primary N) is 2. The summed E-state index contributed by atoms with van der Waals surface area (Å²) < 4.78 is 4.45. The quantitative estimate of drug-likeness (QED) is 0.379. The first kappa shape index (κ1) is 15.4. The van der Waals surface area contributed by atoms with E-state index in [0.717, 1.165) is 12.8 Å². The minimum atomic E-state index is -0.480. The molecule has 0 heterocycles. The largest absolute Gasteiger partial charge is 0.468 e. The SMILES string of the molecule is C#CC.COC(=O)C(N)CCCCN. The molecule has 4 N–H and O–H groups in total. The summed E-state index contributed by atoms with van der Waals surface area (Å²) in [5.41, 5.74) is 10.7. The summed E-state index contributed by atoms with van der Waals surface area (Å²) in [5, 5.41) is 0. The standard InChI is InChI=1S/C7H16N2O2.C3H4/c1-11-7(10)6(9)4-2-3-5-8;1-3-2/h6H,2-5,8-9H2,1H3;1H,2H3. The van der Waals surface area contributed by atoms with Crippen LogP contribution < -0.4 is 11.5 Å². The Morgan fingerprint density at radius 1 is 1.57 bits per heavy atom. The van der Waals surface area contributed by atoms with Crippen molar-refractivity contribution in [3.63, 3.8) is 0 Å². The smallest absolute Gasteiger partial charge is 0.322 e. The number of terminal acetylenes is 1. The van der Waals surface area contributed by atoms with Crippen LogP contribution in [-0.4, -0.2) is 25.7 Å². The lowest BCUT2D eigenvalue weighted by atomic mass is 10.1. The van der Waals surface area contributed by atoms with E-state index in [1.54, 1.807) is 6.92 Å². The van der Waals surface area contributed by atoms with Gasteiger partial charge in [0.05, 0.1) is 7.11 Å². The van der Waals surface area contributed by atoms with Crippen LogP contribution in [0.15, 0.2) is 0 Å². The highest BCUT2D eigenvalue weighted by molar-refractivity contribution is 5.75. The molecule has 0 fully saturated rings. The van der Waals surface area contributed by atoms with Crippen molar-refractivity contribution in [2.24, 2.45) is 11.5 Å². The van der Waals surface area contributed by atoms with Gasteiger partial charge < -0.3 is 16.2 Å². The predicted octanol–water partition coefficient (Wildman–Crippen LogP) is 0.255. The molecule has 14 heavy (non-hydrogen) atoms. The summed E-state index contributed by atoms with van der Waals surface area (Å²) in [6.07, 6.45) is 7.04. The maximum atomic E-state index is 10.7. The molecule has 0 saturated carbocycles. The van der Waals surface area contributed by atoms with Crippen molar-refractivity contribution in [2.75, 3.05) is 13.7 Å². The summed E-state index contributed by atoms with van der Waals surface area (Å²) in [4.78, 5) is 10.7. The normalized spacial score (nSPS) is 10.5. The van der Waals surface area contributed by atoms with E-state index < -0.39 is 6.04 Å². The molecule has 0 bridgehead atoms. The maximum Gasteiger partial charge on any atom is 0.322 e. The fourth-order valence-corrected chi connectivity index (χ4v) is 0.778. The first-order chi connectivity index (χ1) is 6.63. The Morgan fingerprint density at radius 3 is 2.43 bits per heavy atom. The number of methoxy groups -OCH3 is 1. The highest BCUT2D eigenvalue weighted by Gasteiger charge is 2.11. The highest BCUT2D eigenvalue weighted by Crippen LogP contribution is 1.98. The van der Waals surface area contributed by atoms with Crippen molar-refractivity contribution in [3.05, 3.63) is 0 Å². The monoisotopic (exact) mass is 200 g/mol. The number of rotatable bonds is 5. The summed E-state index contributed by atoms with van der Waals surface area (Å²) in [7, 11) is 1.34. The first-order valence-electron chi connectivity index (χ1n) is 4.54. The van der Waals surface area contributed by atoms with Gasteiger partial charge in [0, 0.05) is 0 Å². The third-order valence-corrected chi connectivity index (χ3v) is 1.47. The molecule has 0 aliphatic heterocycles. The Balaban J connectivity index is 0. The number of esters is 1. The van der Waals surface area contributed by atoms with E-state index in [1.807, 2.05) is 0 Å². The van der Waals surface area contributed by atoms with Crippen LogP contribution in [0.4, 0.5) is 0 Å². The second kappa shape index (κ2) is 11.9. The van der Waals surface area contributed by atoms with Gasteiger partial charge in [-0.15, -0.1) is 12.3 Å². The van der Waals surface area contributed by atoms with Gasteiger partial charge >= 0.3 is 5.97 Å². The number of hydrogen-bond acceptors (Lipinski definition) is 4. The van der Waals surface area contributed by atoms with Gasteiger partial charge in [0.1, 0.15) is 6.04 Å². The Morgan fingerprint density at radius 2 is 2.07 bits per heavy atom. The van der Waals surface area contributed by atoms with Crippen LogP contribution in [0.25, 0.3) is 0 Å². The van der Waals surface area contributed by atoms with Crippen molar-refractivity contribution >= 4 is 5.97 Å². The lowest BCUT2D eigenvalue weighted by Crippen LogP contribution is -2.31. The zero-order valence-electron chi connectivity index (χ0n) is 8.95. The molecule has 0 radical (unpaired) electrons. The number of carbonyl (C=O) groups is 1. The molecule has 0 spiro atoms. The van der Waals surface area contributed by atoms with Crippen molar-refractivity contribution < 1.29 is 9.53 Å². The molecule has 0 aliphatic rings. The van der Waals surface area contributed by atoms with E-state index in [2.05, 4.69) is 17.1 Å². The molecular formula is C10H20N2O2. The van der Waals surface area contributed by atoms with Crippen LogP contribution in [0, 0.1) is 12.3 Å². The molecule has 0 aromatic carbocycles. The summed E-state index contributed by atoms with van der Waals surface area (Å²) in [6.45, 7) is 2.30.